The normalized spacial score (nSPS) is 20.1. The number of likely N-dealkylation sites (N-methyl/N-ethyl adjacent to an activating group) is 1. The number of hydrogen-bond acceptors (Lipinski definition) is 3. The van der Waals surface area contributed by atoms with Crippen LogP contribution in [-0.4, -0.2) is 44.2 Å². The number of nitrogens with zero attached hydrogens (tertiary/aromatic N) is 2. The topological polar surface area (TPSA) is 32.5 Å². The van der Waals surface area contributed by atoms with E-state index in [1.807, 2.05) is 0 Å². The van der Waals surface area contributed by atoms with Gasteiger partial charge >= 0.3 is 0 Å². The molecular weight excluding hydrogens is 234 g/mol. The quantitative estimate of drug-likeness (QED) is 0.901. The molecule has 1 atom stereocenters. The number of anilines is 1. The van der Waals surface area contributed by atoms with Gasteiger partial charge in [-0.05, 0) is 50.9 Å². The zero-order valence-electron chi connectivity index (χ0n) is 12.5. The van der Waals surface area contributed by atoms with Gasteiger partial charge in [0.1, 0.15) is 0 Å². The highest BCUT2D eigenvalue weighted by Gasteiger charge is 2.23. The maximum atomic E-state index is 5.67. The summed E-state index contributed by atoms with van der Waals surface area (Å²) in [6.07, 6.45) is 2.56. The van der Waals surface area contributed by atoms with E-state index in [4.69, 9.17) is 5.73 Å². The second-order valence-corrected chi connectivity index (χ2v) is 5.80. The molecule has 0 aromatic heterocycles. The van der Waals surface area contributed by atoms with Gasteiger partial charge in [0, 0.05) is 37.9 Å². The molecule has 1 heterocycles. The molecule has 0 spiro atoms. The summed E-state index contributed by atoms with van der Waals surface area (Å²) >= 11 is 0. The molecule has 1 aromatic rings. The lowest BCUT2D eigenvalue weighted by atomic mass is 10.0. The van der Waals surface area contributed by atoms with Crippen molar-refractivity contribution in [1.29, 1.82) is 0 Å². The van der Waals surface area contributed by atoms with Crippen LogP contribution in [0.15, 0.2) is 18.2 Å². The average Bonchev–Trinajstić information content (AvgIpc) is 2.42. The van der Waals surface area contributed by atoms with Gasteiger partial charge in [-0.15, -0.1) is 0 Å². The van der Waals surface area contributed by atoms with Gasteiger partial charge in [0.2, 0.25) is 0 Å². The lowest BCUT2D eigenvalue weighted by Gasteiger charge is -2.39. The zero-order chi connectivity index (χ0) is 13.8. The first-order chi connectivity index (χ1) is 9.11. The van der Waals surface area contributed by atoms with Gasteiger partial charge in [-0.3, -0.25) is 0 Å². The Morgan fingerprint density at radius 2 is 2.16 bits per heavy atom. The van der Waals surface area contributed by atoms with Gasteiger partial charge in [-0.2, -0.15) is 0 Å². The minimum Gasteiger partial charge on any atom is -0.370 e. The maximum Gasteiger partial charge on any atom is 0.0399 e. The van der Waals surface area contributed by atoms with Gasteiger partial charge < -0.3 is 15.5 Å². The molecule has 106 valence electrons. The Hall–Kier alpha value is -1.06. The number of rotatable bonds is 4. The van der Waals surface area contributed by atoms with Gasteiger partial charge in [-0.25, -0.2) is 0 Å². The first kappa shape index (κ1) is 14.4. The molecule has 1 fully saturated rings. The Morgan fingerprint density at radius 3 is 2.89 bits per heavy atom. The van der Waals surface area contributed by atoms with E-state index >= 15 is 0 Å². The van der Waals surface area contributed by atoms with Crippen LogP contribution in [0.4, 0.5) is 5.69 Å². The predicted molar refractivity (Wildman–Crippen MR) is 82.8 cm³/mol. The maximum absolute atomic E-state index is 5.67. The van der Waals surface area contributed by atoms with E-state index in [0.717, 1.165) is 19.6 Å². The molecule has 3 heteroatoms. The SMILES string of the molecule is Cc1ccc(C)c(N2CCCC(N(C)CCN)C2)c1. The van der Waals surface area contributed by atoms with Crippen molar-refractivity contribution >= 4 is 5.69 Å². The fraction of sp³-hybridized carbons (Fsp3) is 0.625. The molecule has 2 rings (SSSR count). The summed E-state index contributed by atoms with van der Waals surface area (Å²) in [6, 6.07) is 7.39. The van der Waals surface area contributed by atoms with Crippen molar-refractivity contribution < 1.29 is 0 Å². The Balaban J connectivity index is 2.10. The van der Waals surface area contributed by atoms with Crippen LogP contribution in [0.3, 0.4) is 0 Å². The smallest absolute Gasteiger partial charge is 0.0399 e. The number of hydrogen-bond donors (Lipinski definition) is 1. The van der Waals surface area contributed by atoms with Crippen LogP contribution in [0, 0.1) is 13.8 Å². The van der Waals surface area contributed by atoms with Crippen molar-refractivity contribution in [2.75, 3.05) is 38.1 Å². The fourth-order valence-corrected chi connectivity index (χ4v) is 2.98. The highest BCUT2D eigenvalue weighted by atomic mass is 15.2. The fourth-order valence-electron chi connectivity index (χ4n) is 2.98. The molecule has 1 saturated heterocycles. The number of benzene rings is 1. The molecule has 3 nitrogen and oxygen atoms in total. The zero-order valence-corrected chi connectivity index (χ0v) is 12.5. The monoisotopic (exact) mass is 261 g/mol. The molecule has 1 aliphatic rings. The summed E-state index contributed by atoms with van der Waals surface area (Å²) in [5.74, 6) is 0. The number of nitrogens with two attached hydrogens (primary N) is 1. The van der Waals surface area contributed by atoms with Gasteiger partial charge in [-0.1, -0.05) is 12.1 Å². The molecular formula is C16H27N3. The van der Waals surface area contributed by atoms with Crippen molar-refractivity contribution in [2.24, 2.45) is 5.73 Å². The molecule has 19 heavy (non-hydrogen) atoms. The predicted octanol–water partition coefficient (Wildman–Crippen LogP) is 2.16. The minimum absolute atomic E-state index is 0.636. The molecule has 0 aliphatic carbocycles. The van der Waals surface area contributed by atoms with Crippen LogP contribution in [0.1, 0.15) is 24.0 Å². The first-order valence-corrected chi connectivity index (χ1v) is 7.34. The molecule has 0 saturated carbocycles. The van der Waals surface area contributed by atoms with E-state index in [1.54, 1.807) is 0 Å². The van der Waals surface area contributed by atoms with Crippen LogP contribution in [0.25, 0.3) is 0 Å². The lowest BCUT2D eigenvalue weighted by molar-refractivity contribution is 0.221. The van der Waals surface area contributed by atoms with Crippen molar-refractivity contribution in [2.45, 2.75) is 32.7 Å². The van der Waals surface area contributed by atoms with Crippen LogP contribution in [-0.2, 0) is 0 Å². The van der Waals surface area contributed by atoms with Crippen molar-refractivity contribution in [3.05, 3.63) is 29.3 Å². The molecule has 0 radical (unpaired) electrons. The van der Waals surface area contributed by atoms with Crippen molar-refractivity contribution in [1.82, 2.24) is 4.90 Å². The Morgan fingerprint density at radius 1 is 1.37 bits per heavy atom. The van der Waals surface area contributed by atoms with E-state index in [-0.39, 0.29) is 0 Å². The van der Waals surface area contributed by atoms with Crippen LogP contribution in [0.2, 0.25) is 0 Å². The van der Waals surface area contributed by atoms with Gasteiger partial charge in [0.25, 0.3) is 0 Å². The molecule has 1 aromatic carbocycles. The van der Waals surface area contributed by atoms with Crippen LogP contribution < -0.4 is 10.6 Å². The Kier molecular flexibility index (Phi) is 4.83. The van der Waals surface area contributed by atoms with Gasteiger partial charge in [0.15, 0.2) is 0 Å². The first-order valence-electron chi connectivity index (χ1n) is 7.34. The molecule has 0 bridgehead atoms. The molecule has 2 N–H and O–H groups in total. The van der Waals surface area contributed by atoms with Gasteiger partial charge in [0.05, 0.1) is 0 Å². The summed E-state index contributed by atoms with van der Waals surface area (Å²) in [5, 5.41) is 0. The molecule has 1 aliphatic heterocycles. The standard InChI is InChI=1S/C16H27N3/c1-13-6-7-14(2)16(11-13)19-9-4-5-15(12-19)18(3)10-8-17/h6-7,11,15H,4-5,8-10,12,17H2,1-3H3. The second kappa shape index (κ2) is 6.40. The van der Waals surface area contributed by atoms with Crippen molar-refractivity contribution in [3.8, 4) is 0 Å². The number of aryl methyl sites for hydroxylation is 2. The van der Waals surface area contributed by atoms with Crippen LogP contribution >= 0.6 is 0 Å². The molecule has 1 unspecified atom stereocenters. The minimum atomic E-state index is 0.636. The second-order valence-electron chi connectivity index (χ2n) is 5.80. The lowest BCUT2D eigenvalue weighted by Crippen LogP contribution is -2.48. The summed E-state index contributed by atoms with van der Waals surface area (Å²) in [4.78, 5) is 4.96. The van der Waals surface area contributed by atoms with Crippen molar-refractivity contribution in [3.63, 3.8) is 0 Å². The summed E-state index contributed by atoms with van der Waals surface area (Å²) < 4.78 is 0. The summed E-state index contributed by atoms with van der Waals surface area (Å²) in [5.41, 5.74) is 9.81. The van der Waals surface area contributed by atoms with E-state index in [1.165, 1.54) is 36.2 Å². The Bertz CT molecular complexity index is 416. The number of piperidine rings is 1. The third kappa shape index (κ3) is 3.48. The molecule has 0 amide bonds. The van der Waals surface area contributed by atoms with E-state index in [0.29, 0.717) is 6.04 Å². The van der Waals surface area contributed by atoms with E-state index in [2.05, 4.69) is 48.9 Å². The van der Waals surface area contributed by atoms with Crippen LogP contribution in [0.5, 0.6) is 0 Å². The summed E-state index contributed by atoms with van der Waals surface area (Å²) in [6.45, 7) is 8.42. The van der Waals surface area contributed by atoms with E-state index < -0.39 is 0 Å². The highest BCUT2D eigenvalue weighted by Crippen LogP contribution is 2.26. The average molecular weight is 261 g/mol. The largest absolute Gasteiger partial charge is 0.370 e. The summed E-state index contributed by atoms with van der Waals surface area (Å²) in [7, 11) is 2.20. The Labute approximate surface area is 117 Å². The highest BCUT2D eigenvalue weighted by molar-refractivity contribution is 5.55. The third-order valence-corrected chi connectivity index (χ3v) is 4.21. The third-order valence-electron chi connectivity index (χ3n) is 4.21. The van der Waals surface area contributed by atoms with E-state index in [9.17, 15) is 0 Å².